The molecule has 1 aliphatic rings. The molecule has 0 fully saturated rings. The minimum atomic E-state index is -1.91. The summed E-state index contributed by atoms with van der Waals surface area (Å²) in [6.07, 6.45) is 5.40. The van der Waals surface area contributed by atoms with Crippen molar-refractivity contribution in [3.8, 4) is 5.75 Å². The average molecular weight is 277 g/mol. The molecule has 20 heavy (non-hydrogen) atoms. The molecular formula is C15H25Li2NOSi. The fourth-order valence-electron chi connectivity index (χ4n) is 2.55. The van der Waals surface area contributed by atoms with Crippen LogP contribution in [0.3, 0.4) is 0 Å². The summed E-state index contributed by atoms with van der Waals surface area (Å²) in [4.78, 5) is 3.63. The Morgan fingerprint density at radius 2 is 1.85 bits per heavy atom. The summed E-state index contributed by atoms with van der Waals surface area (Å²) in [5.74, 6) is 1.02. The molecule has 0 aromatic heterocycles. The van der Waals surface area contributed by atoms with Crippen molar-refractivity contribution in [3.63, 3.8) is 0 Å². The molecule has 0 amide bonds. The van der Waals surface area contributed by atoms with Crippen molar-refractivity contribution in [2.24, 2.45) is 0 Å². The quantitative estimate of drug-likeness (QED) is 0.643. The number of allylic oxidation sites excluding steroid dienone is 1. The molecule has 0 unspecified atom stereocenters. The Labute approximate surface area is 151 Å². The minimum Gasteiger partial charge on any atom is -1.00 e. The first-order chi connectivity index (χ1) is 8.27. The fourth-order valence-corrected chi connectivity index (χ4v) is 5.14. The van der Waals surface area contributed by atoms with Crippen LogP contribution in [-0.4, -0.2) is 14.0 Å². The van der Waals surface area contributed by atoms with Gasteiger partial charge in [0.25, 0.3) is 0 Å². The molecule has 1 aromatic rings. The first-order valence-corrected chi connectivity index (χ1v) is 9.44. The van der Waals surface area contributed by atoms with E-state index in [-0.39, 0.29) is 46.1 Å². The molecule has 0 spiro atoms. The van der Waals surface area contributed by atoms with Gasteiger partial charge in [-0.3, -0.25) is 0 Å². The molecule has 0 atom stereocenters. The Morgan fingerprint density at radius 1 is 1.20 bits per heavy atom. The van der Waals surface area contributed by atoms with E-state index in [0.717, 1.165) is 12.2 Å². The van der Waals surface area contributed by atoms with Crippen molar-refractivity contribution < 1.29 is 45.0 Å². The molecule has 0 saturated heterocycles. The van der Waals surface area contributed by atoms with E-state index in [4.69, 9.17) is 4.43 Å². The summed E-state index contributed by atoms with van der Waals surface area (Å²) >= 11 is 0. The average Bonchev–Trinajstić information content (AvgIpc) is 2.61. The van der Waals surface area contributed by atoms with Crippen LogP contribution in [0.5, 0.6) is 5.75 Å². The normalized spacial score (nSPS) is 13.2. The number of fused-ring (bicyclic) bond motifs is 1. The molecule has 102 valence electrons. The molecule has 0 bridgehead atoms. The Kier molecular flexibility index (Phi) is 7.46. The summed E-state index contributed by atoms with van der Waals surface area (Å²) in [5.41, 5.74) is 2.71. The molecule has 5 heteroatoms. The van der Waals surface area contributed by atoms with Gasteiger partial charge in [-0.05, 0) is 51.9 Å². The van der Waals surface area contributed by atoms with Crippen LogP contribution in [-0.2, 0) is 6.42 Å². The second kappa shape index (κ2) is 7.41. The van der Waals surface area contributed by atoms with Gasteiger partial charge >= 0.3 is 46.2 Å². The van der Waals surface area contributed by atoms with Crippen LogP contribution in [0.1, 0.15) is 34.8 Å². The summed E-state index contributed by atoms with van der Waals surface area (Å²) in [5, 5.41) is 0. The smallest absolute Gasteiger partial charge is 1.00 e. The molecule has 0 aliphatic heterocycles. The van der Waals surface area contributed by atoms with Crippen molar-refractivity contribution in [1.29, 1.82) is 0 Å². The van der Waals surface area contributed by atoms with Gasteiger partial charge in [0.1, 0.15) is 5.75 Å². The molecule has 1 aromatic carbocycles. The van der Waals surface area contributed by atoms with Crippen LogP contribution in [0.2, 0.25) is 13.1 Å². The van der Waals surface area contributed by atoms with Crippen molar-refractivity contribution in [3.05, 3.63) is 35.4 Å². The van der Waals surface area contributed by atoms with Gasteiger partial charge in [0.05, 0.1) is 0 Å². The Bertz CT molecular complexity index is 491. The van der Waals surface area contributed by atoms with E-state index < -0.39 is 8.48 Å². The SMILES string of the molecule is CC(C)(C)N[Si](C)(C)Oc1cccc2c1C=CC2.[H-].[H-].[Li+].[Li+]. The third kappa shape index (κ3) is 5.49. The van der Waals surface area contributed by atoms with Crippen LogP contribution in [0.25, 0.3) is 6.08 Å². The molecule has 2 rings (SSSR count). The zero-order chi connectivity index (χ0) is 13.4. The van der Waals surface area contributed by atoms with Crippen molar-refractivity contribution in [2.45, 2.75) is 45.8 Å². The predicted molar refractivity (Wildman–Crippen MR) is 82.4 cm³/mol. The zero-order valence-corrected chi connectivity index (χ0v) is 15.0. The molecule has 0 radical (unpaired) electrons. The summed E-state index contributed by atoms with van der Waals surface area (Å²) in [6.45, 7) is 11.0. The van der Waals surface area contributed by atoms with E-state index in [1.165, 1.54) is 11.1 Å². The van der Waals surface area contributed by atoms with E-state index in [9.17, 15) is 0 Å². The molecular weight excluding hydrogens is 252 g/mol. The second-order valence-electron chi connectivity index (χ2n) is 6.42. The molecule has 0 heterocycles. The predicted octanol–water partition coefficient (Wildman–Crippen LogP) is -2.04. The van der Waals surface area contributed by atoms with Gasteiger partial charge in [0.15, 0.2) is 0 Å². The van der Waals surface area contributed by atoms with Gasteiger partial charge in [0.2, 0.25) is 0 Å². The van der Waals surface area contributed by atoms with Crippen LogP contribution < -0.4 is 47.1 Å². The van der Waals surface area contributed by atoms with Gasteiger partial charge in [0, 0.05) is 11.1 Å². The number of hydrogen-bond donors (Lipinski definition) is 1. The van der Waals surface area contributed by atoms with Gasteiger partial charge in [-0.2, -0.15) is 0 Å². The van der Waals surface area contributed by atoms with Crippen LogP contribution in [0.4, 0.5) is 0 Å². The van der Waals surface area contributed by atoms with E-state index in [0.29, 0.717) is 0 Å². The van der Waals surface area contributed by atoms with Gasteiger partial charge < -0.3 is 12.3 Å². The number of nitrogens with one attached hydrogen (secondary N) is 1. The number of benzene rings is 1. The van der Waals surface area contributed by atoms with Gasteiger partial charge in [-0.15, -0.1) is 0 Å². The van der Waals surface area contributed by atoms with Crippen LogP contribution >= 0.6 is 0 Å². The molecule has 0 saturated carbocycles. The molecule has 1 N–H and O–H groups in total. The summed E-state index contributed by atoms with van der Waals surface area (Å²) in [6, 6.07) is 6.34. The molecule has 2 nitrogen and oxygen atoms in total. The standard InChI is InChI=1S/C15H23NOSi.2Li.2H/c1-15(2,3)16-18(4,5)17-14-11-7-9-12-8-6-10-13(12)14;;;;/h6-7,9-11,16H,8H2,1-5H3;;;;/q;2*+1;2*-1. The minimum absolute atomic E-state index is 0. The third-order valence-electron chi connectivity index (χ3n) is 2.82. The van der Waals surface area contributed by atoms with Crippen LogP contribution in [0.15, 0.2) is 24.3 Å². The van der Waals surface area contributed by atoms with Crippen molar-refractivity contribution in [1.82, 2.24) is 4.98 Å². The Hall–Kier alpha value is 0.132. The van der Waals surface area contributed by atoms with E-state index in [2.05, 4.69) is 69.2 Å². The maximum atomic E-state index is 6.30. The topological polar surface area (TPSA) is 21.3 Å². The second-order valence-corrected chi connectivity index (χ2v) is 9.90. The first-order valence-electron chi connectivity index (χ1n) is 6.54. The maximum Gasteiger partial charge on any atom is 1.00 e. The first kappa shape index (κ1) is 20.1. The largest absolute Gasteiger partial charge is 1.00 e. The van der Waals surface area contributed by atoms with E-state index in [1.54, 1.807) is 0 Å². The van der Waals surface area contributed by atoms with Crippen molar-refractivity contribution >= 4 is 14.6 Å². The van der Waals surface area contributed by atoms with Gasteiger partial charge in [-0.25, -0.2) is 0 Å². The Balaban J connectivity index is -0.000000902. The number of rotatable bonds is 3. The maximum absolute atomic E-state index is 6.30. The summed E-state index contributed by atoms with van der Waals surface area (Å²) in [7, 11) is -1.91. The third-order valence-corrected chi connectivity index (χ3v) is 4.90. The van der Waals surface area contributed by atoms with Crippen LogP contribution in [0, 0.1) is 0 Å². The Morgan fingerprint density at radius 3 is 2.45 bits per heavy atom. The van der Waals surface area contributed by atoms with Gasteiger partial charge in [-0.1, -0.05) is 24.3 Å². The summed E-state index contributed by atoms with van der Waals surface area (Å²) < 4.78 is 6.30. The van der Waals surface area contributed by atoms with E-state index in [1.807, 2.05) is 0 Å². The number of hydrogen-bond acceptors (Lipinski definition) is 2. The zero-order valence-electron chi connectivity index (χ0n) is 16.0. The monoisotopic (exact) mass is 277 g/mol. The van der Waals surface area contributed by atoms with Crippen molar-refractivity contribution in [2.75, 3.05) is 0 Å². The fraction of sp³-hybridized carbons (Fsp3) is 0.467. The molecule has 1 aliphatic carbocycles. The van der Waals surface area contributed by atoms with E-state index >= 15 is 0 Å².